The molecule has 0 radical (unpaired) electrons. The number of hydrogen-bond acceptors (Lipinski definition) is 10. The summed E-state index contributed by atoms with van der Waals surface area (Å²) >= 11 is 1.28. The number of thiophene rings is 1. The zero-order valence-corrected chi connectivity index (χ0v) is 34.5. The van der Waals surface area contributed by atoms with E-state index in [2.05, 4.69) is 26.3 Å². The highest BCUT2D eigenvalue weighted by Gasteiger charge is 2.30. The number of primary amides is 1. The summed E-state index contributed by atoms with van der Waals surface area (Å²) in [7, 11) is 3.00. The molecule has 0 bridgehead atoms. The van der Waals surface area contributed by atoms with Crippen LogP contribution >= 0.6 is 20.1 Å². The van der Waals surface area contributed by atoms with E-state index < -0.39 is 17.8 Å². The summed E-state index contributed by atoms with van der Waals surface area (Å²) in [6, 6.07) is 9.27. The van der Waals surface area contributed by atoms with Gasteiger partial charge in [0.1, 0.15) is 5.75 Å². The molecule has 3 aliphatic rings. The maximum atomic E-state index is 14.3. The monoisotopic (exact) mass is 811 g/mol. The molecule has 12 nitrogen and oxygen atoms in total. The third-order valence-corrected chi connectivity index (χ3v) is 11.0. The number of alkyl halides is 1. The Balaban J connectivity index is 0.000000217. The van der Waals surface area contributed by atoms with Gasteiger partial charge in [0.2, 0.25) is 12.3 Å². The number of pyridine rings is 1. The van der Waals surface area contributed by atoms with Gasteiger partial charge in [0, 0.05) is 60.7 Å². The van der Waals surface area contributed by atoms with Gasteiger partial charge in [-0.05, 0) is 89.6 Å². The predicted octanol–water partition coefficient (Wildman–Crippen LogP) is 7.19. The summed E-state index contributed by atoms with van der Waals surface area (Å²) in [6.45, 7) is 9.56. The maximum Gasteiger partial charge on any atom is 0.320 e. The fourth-order valence-electron chi connectivity index (χ4n) is 6.15. The van der Waals surface area contributed by atoms with E-state index in [1.807, 2.05) is 24.4 Å². The van der Waals surface area contributed by atoms with Gasteiger partial charge < -0.3 is 29.7 Å². The minimum atomic E-state index is -1.23. The second-order valence-corrected chi connectivity index (χ2v) is 15.6. The molecule has 6 rings (SSSR count). The van der Waals surface area contributed by atoms with E-state index in [0.29, 0.717) is 28.3 Å². The van der Waals surface area contributed by atoms with E-state index in [0.717, 1.165) is 60.3 Å². The fourth-order valence-corrected chi connectivity index (χ4v) is 7.82. The number of carbonyl (C=O) groups is 4. The van der Waals surface area contributed by atoms with Crippen molar-refractivity contribution in [3.8, 4) is 5.75 Å². The molecule has 3 N–H and O–H groups in total. The molecule has 1 aromatic carbocycles. The number of fused-ring (bicyclic) bond motifs is 2. The number of halogens is 1. The van der Waals surface area contributed by atoms with Crippen LogP contribution in [0.4, 0.5) is 4.39 Å². The van der Waals surface area contributed by atoms with Crippen LogP contribution in [0.25, 0.3) is 10.1 Å². The molecule has 3 fully saturated rings. The van der Waals surface area contributed by atoms with Crippen LogP contribution in [0.2, 0.25) is 0 Å². The van der Waals surface area contributed by atoms with Crippen molar-refractivity contribution in [3.63, 3.8) is 0 Å². The quantitative estimate of drug-likeness (QED) is 0.0601. The first kappa shape index (κ1) is 45.7. The zero-order chi connectivity index (χ0) is 40.9. The van der Waals surface area contributed by atoms with Crippen LogP contribution in [-0.4, -0.2) is 91.5 Å². The number of amides is 3. The van der Waals surface area contributed by atoms with Gasteiger partial charge in [0.05, 0.1) is 38.0 Å². The van der Waals surface area contributed by atoms with Crippen LogP contribution in [0.3, 0.4) is 0 Å². The largest absolute Gasteiger partial charge is 0.504 e. The minimum absolute atomic E-state index is 0.0242. The Kier molecular flexibility index (Phi) is 20.2. The molecule has 5 heterocycles. The number of nitrogens with one attached hydrogen (secondary N) is 1. The van der Waals surface area contributed by atoms with Crippen molar-refractivity contribution in [2.24, 2.45) is 5.73 Å². The van der Waals surface area contributed by atoms with Crippen molar-refractivity contribution in [1.82, 2.24) is 19.9 Å². The van der Waals surface area contributed by atoms with Crippen molar-refractivity contribution >= 4 is 54.3 Å². The first-order valence-corrected chi connectivity index (χ1v) is 20.5. The zero-order valence-electron chi connectivity index (χ0n) is 32.7. The highest BCUT2D eigenvalue weighted by Crippen LogP contribution is 2.36. The standard InChI is InChI=1S/C15H18FN2O3PS.C10H12N2O2.C9H15NO.C7H10O/c1-8(2)21-13(19)7-18-22-14(16)9-3-4-11-10(5-9)6-12(23-11)15(17)20;1-14-10-2-3-11-4-9(10)8-5-12(6-8)7-13;11-9-6-2-1-4-8-5-3-7-10(8)9;1-3-4-5-6-7-8-2/h3-6,8,14,18,22H,7H2,1-2H3,(H2,17,20);2-4,7-8H,5-6H2,1H3;8H,1-7H2;3-7H,1H2,2H3/b;;;5-4-,7-6+. The lowest BCUT2D eigenvalue weighted by Gasteiger charge is -2.36. The van der Waals surface area contributed by atoms with Crippen molar-refractivity contribution < 1.29 is 37.8 Å². The molecular formula is C41H55FN5O7PS. The number of nitrogens with two attached hydrogens (primary N) is 1. The molecule has 2 aromatic heterocycles. The van der Waals surface area contributed by atoms with Crippen LogP contribution in [0, 0.1) is 0 Å². The number of benzene rings is 1. The van der Waals surface area contributed by atoms with Gasteiger partial charge in [-0.3, -0.25) is 29.2 Å². The molecule has 3 aromatic rings. The number of ether oxygens (including phenoxy) is 3. The number of esters is 1. The topological polar surface area (TPSA) is 153 Å². The molecule has 3 unspecified atom stereocenters. The normalized spacial score (nSPS) is 17.2. The highest BCUT2D eigenvalue weighted by atomic mass is 32.1. The average molecular weight is 812 g/mol. The van der Waals surface area contributed by atoms with Crippen LogP contribution in [0.15, 0.2) is 79.9 Å². The first-order chi connectivity index (χ1) is 27.0. The molecular weight excluding hydrogens is 757 g/mol. The molecule has 0 spiro atoms. The number of hydrogen-bond donors (Lipinski definition) is 2. The number of nitrogens with zero attached hydrogens (tertiary/aromatic N) is 3. The fraction of sp³-hybridized carbons (Fsp3) is 0.439. The van der Waals surface area contributed by atoms with E-state index in [-0.39, 0.29) is 21.4 Å². The van der Waals surface area contributed by atoms with Crippen molar-refractivity contribution in [2.45, 2.75) is 76.3 Å². The molecule has 3 atom stereocenters. The summed E-state index contributed by atoms with van der Waals surface area (Å²) in [4.78, 5) is 52.7. The van der Waals surface area contributed by atoms with E-state index in [1.54, 1.807) is 81.8 Å². The molecule has 3 aliphatic heterocycles. The summed E-state index contributed by atoms with van der Waals surface area (Å²) in [5.41, 5.74) is 6.83. The molecule has 0 aliphatic carbocycles. The number of methoxy groups -OCH3 is 2. The second-order valence-electron chi connectivity index (χ2n) is 13.4. The minimum Gasteiger partial charge on any atom is -0.504 e. The number of carbonyl (C=O) groups excluding carboxylic acids is 4. The lowest BCUT2D eigenvalue weighted by Crippen LogP contribution is -2.43. The maximum absolute atomic E-state index is 14.3. The Labute approximate surface area is 335 Å². The van der Waals surface area contributed by atoms with Crippen LogP contribution in [0.5, 0.6) is 5.75 Å². The third kappa shape index (κ3) is 15.1. The molecule has 304 valence electrons. The van der Waals surface area contributed by atoms with Crippen LogP contribution in [-0.2, 0) is 23.9 Å². The van der Waals surface area contributed by atoms with Gasteiger partial charge in [-0.15, -0.1) is 11.3 Å². The average Bonchev–Trinajstić information content (AvgIpc) is 3.79. The number of aromatic nitrogens is 1. The van der Waals surface area contributed by atoms with Crippen LogP contribution < -0.4 is 15.6 Å². The lowest BCUT2D eigenvalue weighted by molar-refractivity contribution is -0.145. The molecule has 0 saturated carbocycles. The Morgan fingerprint density at radius 1 is 1.12 bits per heavy atom. The Hall–Kier alpha value is -4.65. The number of allylic oxidation sites excluding steroid dienone is 4. The van der Waals surface area contributed by atoms with E-state index in [1.165, 1.54) is 37.0 Å². The summed E-state index contributed by atoms with van der Waals surface area (Å²) in [5, 5.41) is 3.55. The Morgan fingerprint density at radius 3 is 2.57 bits per heavy atom. The summed E-state index contributed by atoms with van der Waals surface area (Å²) < 4.78 is 29.9. The van der Waals surface area contributed by atoms with E-state index in [4.69, 9.17) is 15.2 Å². The number of rotatable bonds is 13. The molecule has 15 heteroatoms. The van der Waals surface area contributed by atoms with Gasteiger partial charge in [-0.2, -0.15) is 0 Å². The predicted molar refractivity (Wildman–Crippen MR) is 222 cm³/mol. The van der Waals surface area contributed by atoms with Gasteiger partial charge in [-0.25, -0.2) is 4.39 Å². The SMILES string of the molecule is C=C/C=C\C=C\OC.CC(C)OC(=O)CNPC(F)c1ccc2sc(C(N)=O)cc2c1.COc1ccncc1C1CN(C=O)C1.O=C1CCCCC2CCCN12. The molecule has 3 amide bonds. The van der Waals surface area contributed by atoms with Crippen molar-refractivity contribution in [1.29, 1.82) is 0 Å². The van der Waals surface area contributed by atoms with E-state index >= 15 is 0 Å². The van der Waals surface area contributed by atoms with Crippen molar-refractivity contribution in [2.75, 3.05) is 40.4 Å². The lowest BCUT2D eigenvalue weighted by atomic mass is 9.93. The first-order valence-electron chi connectivity index (χ1n) is 18.6. The Morgan fingerprint density at radius 2 is 1.89 bits per heavy atom. The van der Waals surface area contributed by atoms with Gasteiger partial charge >= 0.3 is 5.97 Å². The van der Waals surface area contributed by atoms with Crippen molar-refractivity contribution in [3.05, 3.63) is 95.9 Å². The van der Waals surface area contributed by atoms with Gasteiger partial charge in [-0.1, -0.05) is 37.3 Å². The Bertz CT molecular complexity index is 1780. The third-order valence-electron chi connectivity index (χ3n) is 8.88. The molecule has 56 heavy (non-hydrogen) atoms. The highest BCUT2D eigenvalue weighted by molar-refractivity contribution is 7.35. The summed E-state index contributed by atoms with van der Waals surface area (Å²) in [5.74, 6) is -0.483. The molecule has 3 saturated heterocycles. The van der Waals surface area contributed by atoms with Gasteiger partial charge in [0.15, 0.2) is 5.91 Å². The second kappa shape index (κ2) is 24.8. The van der Waals surface area contributed by atoms with Crippen LogP contribution in [0.1, 0.15) is 85.0 Å². The van der Waals surface area contributed by atoms with Gasteiger partial charge in [0.25, 0.3) is 5.91 Å². The van der Waals surface area contributed by atoms with E-state index in [9.17, 15) is 23.6 Å². The number of likely N-dealkylation sites (tertiary alicyclic amines) is 1. The summed E-state index contributed by atoms with van der Waals surface area (Å²) in [6.07, 6.45) is 19.9. The smallest absolute Gasteiger partial charge is 0.320 e.